The van der Waals surface area contributed by atoms with Crippen LogP contribution < -0.4 is 43.8 Å². The number of nitrogens with one attached hydrogen (secondary N) is 5. The second kappa shape index (κ2) is 24.2. The molecule has 0 saturated heterocycles. The lowest BCUT2D eigenvalue weighted by atomic mass is 10.0. The van der Waals surface area contributed by atoms with Crippen LogP contribution >= 0.6 is 11.6 Å². The predicted octanol–water partition coefficient (Wildman–Crippen LogP) is 0.619. The summed E-state index contributed by atoms with van der Waals surface area (Å²) in [5.41, 5.74) is 17.6. The van der Waals surface area contributed by atoms with Gasteiger partial charge in [-0.2, -0.15) is 0 Å². The number of hydrogen-bond donors (Lipinski definition) is 9. The van der Waals surface area contributed by atoms with E-state index in [4.69, 9.17) is 28.8 Å². The minimum absolute atomic E-state index is 0.00598. The van der Waals surface area contributed by atoms with Crippen molar-refractivity contribution in [3.8, 4) is 0 Å². The second-order valence-corrected chi connectivity index (χ2v) is 13.4. The standard InChI is InChI=1S/C35H57ClN8O7/c1-5-10-25(31(46)43-28(20-23-13-15-24(36)16-14-23)34(49)44-29(35(50)51)19-21(2)3)41-33(48)27(12-7-9-18-38)42-32(47)26(11-6-8-17-37)40-30(45)22(4)39/h5,13-16,21-22,25-29H,1,6-12,17-20,37-39H2,2-4H3,(H,40,45)(H,41,48)(H,42,47)(H,43,46)(H,44,49)(H,50,51)/t22-,25-,26-,27-,28-,29-/m0/s1. The zero-order valence-electron chi connectivity index (χ0n) is 29.9. The Labute approximate surface area is 305 Å². The molecular weight excluding hydrogens is 680 g/mol. The minimum Gasteiger partial charge on any atom is -0.480 e. The fourth-order valence-corrected chi connectivity index (χ4v) is 5.20. The number of carboxylic acids is 1. The molecule has 0 heterocycles. The molecule has 0 aromatic heterocycles. The number of nitrogens with two attached hydrogens (primary N) is 3. The number of halogens is 1. The summed E-state index contributed by atoms with van der Waals surface area (Å²) in [6.07, 6.45) is 4.17. The van der Waals surface area contributed by atoms with E-state index >= 15 is 0 Å². The smallest absolute Gasteiger partial charge is 0.326 e. The first kappa shape index (κ1) is 45.0. The van der Waals surface area contributed by atoms with Gasteiger partial charge in [0.05, 0.1) is 6.04 Å². The average Bonchev–Trinajstić information content (AvgIpc) is 3.07. The van der Waals surface area contributed by atoms with Crippen LogP contribution in [0.5, 0.6) is 0 Å². The lowest BCUT2D eigenvalue weighted by Gasteiger charge is -2.27. The lowest BCUT2D eigenvalue weighted by Crippen LogP contribution is -2.59. The number of carbonyl (C=O) groups is 6. The maximum atomic E-state index is 13.7. The van der Waals surface area contributed by atoms with Crippen LogP contribution in [0, 0.1) is 5.92 Å². The summed E-state index contributed by atoms with van der Waals surface area (Å²) in [4.78, 5) is 78.6. The molecule has 16 heteroatoms. The zero-order valence-corrected chi connectivity index (χ0v) is 30.7. The number of carboxylic acid groups (broad SMARTS) is 1. The number of benzene rings is 1. The maximum absolute atomic E-state index is 13.7. The molecule has 0 radical (unpaired) electrons. The molecule has 0 bridgehead atoms. The Morgan fingerprint density at radius 1 is 0.706 bits per heavy atom. The molecular formula is C35H57ClN8O7. The van der Waals surface area contributed by atoms with Crippen molar-refractivity contribution >= 4 is 47.1 Å². The normalized spacial score (nSPS) is 14.6. The monoisotopic (exact) mass is 736 g/mol. The van der Waals surface area contributed by atoms with Gasteiger partial charge >= 0.3 is 5.97 Å². The summed E-state index contributed by atoms with van der Waals surface area (Å²) in [5, 5.41) is 23.4. The summed E-state index contributed by atoms with van der Waals surface area (Å²) in [7, 11) is 0. The van der Waals surface area contributed by atoms with Gasteiger partial charge in [-0.05, 0) is 95.0 Å². The third-order valence-electron chi connectivity index (χ3n) is 7.92. The Morgan fingerprint density at radius 3 is 1.59 bits per heavy atom. The summed E-state index contributed by atoms with van der Waals surface area (Å²) < 4.78 is 0. The molecule has 12 N–H and O–H groups in total. The molecule has 0 spiro atoms. The number of rotatable bonds is 25. The topological polar surface area (TPSA) is 261 Å². The van der Waals surface area contributed by atoms with Crippen molar-refractivity contribution in [3.05, 3.63) is 47.5 Å². The Morgan fingerprint density at radius 2 is 1.14 bits per heavy atom. The summed E-state index contributed by atoms with van der Waals surface area (Å²) in [6, 6.07) is 0.0123. The van der Waals surface area contributed by atoms with Crippen molar-refractivity contribution in [2.24, 2.45) is 23.1 Å². The highest BCUT2D eigenvalue weighted by Gasteiger charge is 2.32. The van der Waals surface area contributed by atoms with Gasteiger partial charge < -0.3 is 48.9 Å². The van der Waals surface area contributed by atoms with Crippen molar-refractivity contribution in [3.63, 3.8) is 0 Å². The fraction of sp³-hybridized carbons (Fsp3) is 0.600. The van der Waals surface area contributed by atoms with Crippen molar-refractivity contribution in [1.82, 2.24) is 26.6 Å². The lowest BCUT2D eigenvalue weighted by molar-refractivity contribution is -0.142. The third kappa shape index (κ3) is 17.6. The Balaban J connectivity index is 3.29. The minimum atomic E-state index is -1.22. The molecule has 0 fully saturated rings. The van der Waals surface area contributed by atoms with E-state index < -0.39 is 71.8 Å². The first-order valence-electron chi connectivity index (χ1n) is 17.4. The van der Waals surface area contributed by atoms with Crippen molar-refractivity contribution < 1.29 is 33.9 Å². The van der Waals surface area contributed by atoms with Gasteiger partial charge in [0.2, 0.25) is 29.5 Å². The molecule has 0 aliphatic heterocycles. The average molecular weight is 737 g/mol. The summed E-state index contributed by atoms with van der Waals surface area (Å²) in [5.74, 6) is -4.53. The first-order valence-corrected chi connectivity index (χ1v) is 17.8. The molecule has 0 aliphatic rings. The van der Waals surface area contributed by atoms with Gasteiger partial charge in [0.1, 0.15) is 30.2 Å². The number of hydrogen-bond acceptors (Lipinski definition) is 9. The summed E-state index contributed by atoms with van der Waals surface area (Å²) >= 11 is 6.02. The van der Waals surface area contributed by atoms with Crippen LogP contribution in [0.1, 0.15) is 77.7 Å². The molecule has 1 aromatic carbocycles. The van der Waals surface area contributed by atoms with E-state index in [1.807, 2.05) is 13.8 Å². The molecule has 1 aromatic rings. The maximum Gasteiger partial charge on any atom is 0.326 e. The SMILES string of the molecule is C=CC[C@H](NC(=O)[C@H](CCCCN)NC(=O)[C@H](CCCCN)NC(=O)[C@H](C)N)C(=O)N[C@@H](Cc1ccc(Cl)cc1)C(=O)N[C@@H](CC(C)C)C(=O)O. The van der Waals surface area contributed by atoms with E-state index in [0.717, 1.165) is 0 Å². The number of aliphatic carboxylic acids is 1. The molecule has 15 nitrogen and oxygen atoms in total. The van der Waals surface area contributed by atoms with Gasteiger partial charge in [0, 0.05) is 11.4 Å². The highest BCUT2D eigenvalue weighted by atomic mass is 35.5. The summed E-state index contributed by atoms with van der Waals surface area (Å²) in [6.45, 7) is 9.57. The number of unbranched alkanes of at least 4 members (excludes halogenated alkanes) is 2. The van der Waals surface area contributed by atoms with Crippen LogP contribution in [0.3, 0.4) is 0 Å². The third-order valence-corrected chi connectivity index (χ3v) is 8.17. The quantitative estimate of drug-likeness (QED) is 0.0499. The molecule has 0 unspecified atom stereocenters. The van der Waals surface area contributed by atoms with Gasteiger partial charge in [-0.3, -0.25) is 24.0 Å². The van der Waals surface area contributed by atoms with E-state index in [0.29, 0.717) is 49.4 Å². The molecule has 5 amide bonds. The van der Waals surface area contributed by atoms with E-state index in [-0.39, 0.29) is 38.0 Å². The number of amides is 5. The van der Waals surface area contributed by atoms with Gasteiger partial charge in [0.25, 0.3) is 0 Å². The molecule has 51 heavy (non-hydrogen) atoms. The van der Waals surface area contributed by atoms with E-state index in [1.165, 1.54) is 13.0 Å². The Kier molecular flexibility index (Phi) is 21.3. The highest BCUT2D eigenvalue weighted by molar-refractivity contribution is 6.30. The first-order chi connectivity index (χ1) is 24.1. The van der Waals surface area contributed by atoms with Crippen molar-refractivity contribution in [1.29, 1.82) is 0 Å². The van der Waals surface area contributed by atoms with Crippen LogP contribution in [-0.4, -0.2) is 90.0 Å². The van der Waals surface area contributed by atoms with Gasteiger partial charge in [0.15, 0.2) is 0 Å². The van der Waals surface area contributed by atoms with E-state index in [2.05, 4.69) is 33.2 Å². The molecule has 286 valence electrons. The van der Waals surface area contributed by atoms with E-state index in [1.54, 1.807) is 24.3 Å². The van der Waals surface area contributed by atoms with Gasteiger partial charge in [-0.15, -0.1) is 6.58 Å². The molecule has 0 aliphatic carbocycles. The molecule has 0 saturated carbocycles. The molecule has 6 atom stereocenters. The highest BCUT2D eigenvalue weighted by Crippen LogP contribution is 2.13. The second-order valence-electron chi connectivity index (χ2n) is 13.0. The van der Waals surface area contributed by atoms with Crippen molar-refractivity contribution in [2.45, 2.75) is 115 Å². The van der Waals surface area contributed by atoms with E-state index in [9.17, 15) is 33.9 Å². The number of carbonyl (C=O) groups excluding carboxylic acids is 5. The van der Waals surface area contributed by atoms with Crippen LogP contribution in [-0.2, 0) is 35.2 Å². The Hall–Kier alpha value is -4.05. The van der Waals surface area contributed by atoms with Crippen LogP contribution in [0.2, 0.25) is 5.02 Å². The van der Waals surface area contributed by atoms with Gasteiger partial charge in [-0.1, -0.05) is 43.7 Å². The van der Waals surface area contributed by atoms with Gasteiger partial charge in [-0.25, -0.2) is 4.79 Å². The van der Waals surface area contributed by atoms with Crippen molar-refractivity contribution in [2.75, 3.05) is 13.1 Å². The molecule has 1 rings (SSSR count). The predicted molar refractivity (Wildman–Crippen MR) is 196 cm³/mol. The van der Waals surface area contributed by atoms with Crippen LogP contribution in [0.4, 0.5) is 0 Å². The fourth-order valence-electron chi connectivity index (χ4n) is 5.07. The largest absolute Gasteiger partial charge is 0.480 e. The Bertz CT molecular complexity index is 1300. The zero-order chi connectivity index (χ0) is 38.5. The van der Waals surface area contributed by atoms with Crippen LogP contribution in [0.25, 0.3) is 0 Å². The van der Waals surface area contributed by atoms with Crippen LogP contribution in [0.15, 0.2) is 36.9 Å².